The van der Waals surface area contributed by atoms with E-state index in [1.807, 2.05) is 42.6 Å². The number of aromatic nitrogens is 2. The molecule has 192 valence electrons. The second-order valence-corrected chi connectivity index (χ2v) is 9.65. The normalized spacial score (nSPS) is 19.4. The first-order chi connectivity index (χ1) is 18.6. The summed E-state index contributed by atoms with van der Waals surface area (Å²) in [4.78, 5) is 20.5. The van der Waals surface area contributed by atoms with Gasteiger partial charge in [0.25, 0.3) is 0 Å². The Morgan fingerprint density at radius 3 is 2.32 bits per heavy atom. The first kappa shape index (κ1) is 24.1. The van der Waals surface area contributed by atoms with Crippen molar-refractivity contribution in [2.24, 2.45) is 0 Å². The molecule has 4 heterocycles. The number of nitrogens with one attached hydrogen (secondary N) is 1. The fourth-order valence-electron chi connectivity index (χ4n) is 5.21. The van der Waals surface area contributed by atoms with Gasteiger partial charge in [-0.15, -0.1) is 0 Å². The molecule has 2 N–H and O–H groups in total. The van der Waals surface area contributed by atoms with Gasteiger partial charge in [0.05, 0.1) is 30.5 Å². The second-order valence-electron chi connectivity index (χ2n) is 9.27. The SMILES string of the molecule is O=C(O)c1ccc(-n2cccc2[C@H]2[C@@H](c3ccccn3)NC(=S)N2c2ccc(N3CCOCC3)cc2)cc1. The maximum Gasteiger partial charge on any atom is 0.335 e. The molecule has 2 aromatic heterocycles. The van der Waals surface area contributed by atoms with E-state index >= 15 is 0 Å². The number of morpholine rings is 1. The number of ether oxygens (including phenoxy) is 1. The van der Waals surface area contributed by atoms with Crippen molar-refractivity contribution in [2.75, 3.05) is 36.1 Å². The zero-order chi connectivity index (χ0) is 26.1. The molecule has 0 spiro atoms. The minimum absolute atomic E-state index is 0.186. The maximum atomic E-state index is 11.4. The molecule has 0 saturated carbocycles. The molecule has 0 radical (unpaired) electrons. The van der Waals surface area contributed by atoms with E-state index in [1.165, 1.54) is 0 Å². The number of carboxylic acids is 1. The van der Waals surface area contributed by atoms with Crippen LogP contribution in [0.5, 0.6) is 0 Å². The van der Waals surface area contributed by atoms with Gasteiger partial charge in [0.1, 0.15) is 6.04 Å². The van der Waals surface area contributed by atoms with E-state index in [0.717, 1.165) is 54.8 Å². The van der Waals surface area contributed by atoms with Crippen molar-refractivity contribution < 1.29 is 14.6 Å². The van der Waals surface area contributed by atoms with Gasteiger partial charge in [-0.25, -0.2) is 4.79 Å². The van der Waals surface area contributed by atoms with Gasteiger partial charge < -0.3 is 29.5 Å². The molecule has 38 heavy (non-hydrogen) atoms. The lowest BCUT2D eigenvalue weighted by Crippen LogP contribution is -2.36. The molecule has 2 saturated heterocycles. The van der Waals surface area contributed by atoms with Crippen molar-refractivity contribution >= 4 is 34.7 Å². The highest BCUT2D eigenvalue weighted by atomic mass is 32.1. The molecule has 0 amide bonds. The van der Waals surface area contributed by atoms with Crippen LogP contribution in [0.4, 0.5) is 11.4 Å². The first-order valence-corrected chi connectivity index (χ1v) is 13.0. The number of pyridine rings is 1. The van der Waals surface area contributed by atoms with Crippen LogP contribution in [0.25, 0.3) is 5.69 Å². The molecule has 8 nitrogen and oxygen atoms in total. The number of hydrogen-bond acceptors (Lipinski definition) is 5. The molecule has 2 aliphatic heterocycles. The van der Waals surface area contributed by atoms with Gasteiger partial charge in [0.15, 0.2) is 5.11 Å². The van der Waals surface area contributed by atoms with E-state index in [4.69, 9.17) is 17.0 Å². The molecule has 0 bridgehead atoms. The van der Waals surface area contributed by atoms with Crippen molar-refractivity contribution in [3.8, 4) is 5.69 Å². The minimum atomic E-state index is -0.948. The number of hydrogen-bond donors (Lipinski definition) is 2. The molecule has 2 atom stereocenters. The molecule has 4 aromatic rings. The van der Waals surface area contributed by atoms with E-state index in [0.29, 0.717) is 5.11 Å². The number of nitrogens with zero attached hydrogens (tertiary/aromatic N) is 4. The zero-order valence-corrected chi connectivity index (χ0v) is 21.4. The Morgan fingerprint density at radius 2 is 1.63 bits per heavy atom. The summed E-state index contributed by atoms with van der Waals surface area (Å²) in [6.45, 7) is 3.23. The van der Waals surface area contributed by atoms with E-state index in [-0.39, 0.29) is 17.6 Å². The van der Waals surface area contributed by atoms with Gasteiger partial charge in [-0.3, -0.25) is 4.98 Å². The monoisotopic (exact) mass is 525 g/mol. The molecule has 9 heteroatoms. The van der Waals surface area contributed by atoms with E-state index < -0.39 is 5.97 Å². The van der Waals surface area contributed by atoms with Crippen LogP contribution in [0, 0.1) is 0 Å². The number of thiocarbonyl (C=S) groups is 1. The first-order valence-electron chi connectivity index (χ1n) is 12.5. The standard InChI is InChI=1S/C29H27N5O3S/c35-28(36)20-6-8-22(9-7-20)33-15-3-5-25(33)27-26(24-4-1-2-14-30-24)31-29(38)34(27)23-12-10-21(11-13-23)32-16-18-37-19-17-32/h1-15,26-27H,16-19H2,(H,31,38)(H,35,36)/t26-,27+/m1/s1. The lowest BCUT2D eigenvalue weighted by Gasteiger charge is -2.31. The molecule has 2 aliphatic rings. The van der Waals surface area contributed by atoms with Crippen LogP contribution < -0.4 is 15.1 Å². The molecule has 2 fully saturated rings. The number of aromatic carboxylic acids is 1. The topological polar surface area (TPSA) is 82.9 Å². The Hall–Kier alpha value is -4.21. The van der Waals surface area contributed by atoms with Gasteiger partial charge in [0.2, 0.25) is 0 Å². The summed E-state index contributed by atoms with van der Waals surface area (Å²) < 4.78 is 7.58. The van der Waals surface area contributed by atoms with Gasteiger partial charge >= 0.3 is 5.97 Å². The summed E-state index contributed by atoms with van der Waals surface area (Å²) in [5, 5.41) is 13.5. The predicted octanol–water partition coefficient (Wildman–Crippen LogP) is 4.58. The molecular weight excluding hydrogens is 498 g/mol. The smallest absolute Gasteiger partial charge is 0.335 e. The molecule has 0 unspecified atom stereocenters. The average molecular weight is 526 g/mol. The summed E-state index contributed by atoms with van der Waals surface area (Å²) in [5.41, 5.74) is 5.16. The number of benzene rings is 2. The molecular formula is C29H27N5O3S. The lowest BCUT2D eigenvalue weighted by atomic mass is 10.0. The third kappa shape index (κ3) is 4.51. The van der Waals surface area contributed by atoms with E-state index in [9.17, 15) is 9.90 Å². The Bertz CT molecular complexity index is 1430. The van der Waals surface area contributed by atoms with Crippen LogP contribution in [0.1, 0.15) is 33.8 Å². The van der Waals surface area contributed by atoms with Crippen LogP contribution in [-0.4, -0.2) is 52.0 Å². The van der Waals surface area contributed by atoms with Gasteiger partial charge in [0, 0.05) is 48.2 Å². The Morgan fingerprint density at radius 1 is 0.921 bits per heavy atom. The van der Waals surface area contributed by atoms with Crippen LogP contribution >= 0.6 is 12.2 Å². The van der Waals surface area contributed by atoms with Crippen molar-refractivity contribution in [3.05, 3.63) is 108 Å². The average Bonchev–Trinajstić information content (AvgIpc) is 3.58. The fraction of sp³-hybridized carbons (Fsp3) is 0.207. The van der Waals surface area contributed by atoms with Crippen LogP contribution in [0.3, 0.4) is 0 Å². The molecule has 0 aliphatic carbocycles. The Balaban J connectivity index is 1.40. The quantitative estimate of drug-likeness (QED) is 0.354. The van der Waals surface area contributed by atoms with Gasteiger partial charge in [-0.1, -0.05) is 6.07 Å². The fourth-order valence-corrected chi connectivity index (χ4v) is 5.56. The number of carboxylic acid groups (broad SMARTS) is 1. The summed E-state index contributed by atoms with van der Waals surface area (Å²) >= 11 is 5.90. The zero-order valence-electron chi connectivity index (χ0n) is 20.6. The van der Waals surface area contributed by atoms with Crippen LogP contribution in [0.15, 0.2) is 91.3 Å². The molecule has 2 aromatic carbocycles. The number of anilines is 2. The largest absolute Gasteiger partial charge is 0.478 e. The number of rotatable bonds is 6. The van der Waals surface area contributed by atoms with Crippen LogP contribution in [0.2, 0.25) is 0 Å². The summed E-state index contributed by atoms with van der Waals surface area (Å²) in [6, 6.07) is 25.0. The maximum absolute atomic E-state index is 11.4. The van der Waals surface area contributed by atoms with E-state index in [1.54, 1.807) is 18.3 Å². The van der Waals surface area contributed by atoms with Gasteiger partial charge in [-0.2, -0.15) is 0 Å². The Kier molecular flexibility index (Phi) is 6.53. The Labute approximate surface area is 226 Å². The molecule has 6 rings (SSSR count). The van der Waals surface area contributed by atoms with Crippen molar-refractivity contribution in [1.29, 1.82) is 0 Å². The summed E-state index contributed by atoms with van der Waals surface area (Å²) in [5.74, 6) is -0.948. The minimum Gasteiger partial charge on any atom is -0.478 e. The van der Waals surface area contributed by atoms with Crippen molar-refractivity contribution in [2.45, 2.75) is 12.1 Å². The lowest BCUT2D eigenvalue weighted by molar-refractivity contribution is 0.0697. The van der Waals surface area contributed by atoms with Gasteiger partial charge in [-0.05, 0) is 85.0 Å². The predicted molar refractivity (Wildman–Crippen MR) is 150 cm³/mol. The highest BCUT2D eigenvalue weighted by Gasteiger charge is 2.42. The summed E-state index contributed by atoms with van der Waals surface area (Å²) in [6.07, 6.45) is 3.78. The van der Waals surface area contributed by atoms with Crippen molar-refractivity contribution in [3.63, 3.8) is 0 Å². The third-order valence-electron chi connectivity index (χ3n) is 7.08. The third-order valence-corrected chi connectivity index (χ3v) is 7.39. The number of carbonyl (C=O) groups is 1. The second kappa shape index (κ2) is 10.3. The van der Waals surface area contributed by atoms with Crippen molar-refractivity contribution in [1.82, 2.24) is 14.9 Å². The highest BCUT2D eigenvalue weighted by Crippen LogP contribution is 2.42. The van der Waals surface area contributed by atoms with Crippen LogP contribution in [-0.2, 0) is 4.74 Å². The van der Waals surface area contributed by atoms with E-state index in [2.05, 4.69) is 55.0 Å². The summed E-state index contributed by atoms with van der Waals surface area (Å²) in [7, 11) is 0. The highest BCUT2D eigenvalue weighted by molar-refractivity contribution is 7.80.